The Morgan fingerprint density at radius 3 is 2.54 bits per heavy atom. The first-order valence-electron chi connectivity index (χ1n) is 7.31. The van der Waals surface area contributed by atoms with Crippen LogP contribution in [0.3, 0.4) is 0 Å². The molecule has 1 aromatic rings. The molecule has 2 heterocycles. The third-order valence-electron chi connectivity index (χ3n) is 4.32. The Morgan fingerprint density at radius 1 is 1.17 bits per heavy atom. The predicted octanol–water partition coefficient (Wildman–Crippen LogP) is -2.11. The Balaban J connectivity index is 1.87. The molecule has 24 heavy (non-hydrogen) atoms. The highest BCUT2D eigenvalue weighted by molar-refractivity contribution is 5.74. The molecule has 9 heteroatoms. The second kappa shape index (κ2) is 6.37. The van der Waals surface area contributed by atoms with Gasteiger partial charge < -0.3 is 39.4 Å². The highest BCUT2D eigenvalue weighted by atomic mass is 16.7. The lowest BCUT2D eigenvalue weighted by molar-refractivity contribution is -0.316. The second-order valence-electron chi connectivity index (χ2n) is 5.76. The zero-order chi connectivity index (χ0) is 17.6. The minimum Gasteiger partial charge on any atom is -0.431 e. The molecule has 132 valence electrons. The highest BCUT2D eigenvalue weighted by Crippen LogP contribution is 2.41. The summed E-state index contributed by atoms with van der Waals surface area (Å²) in [7, 11) is 0. The molecule has 1 aliphatic heterocycles. The van der Waals surface area contributed by atoms with E-state index in [9.17, 15) is 30.3 Å². The van der Waals surface area contributed by atoms with E-state index in [0.717, 1.165) is 6.26 Å². The Hall–Kier alpha value is -1.59. The van der Waals surface area contributed by atoms with E-state index in [2.05, 4.69) is 6.58 Å². The summed E-state index contributed by atoms with van der Waals surface area (Å²) in [6.07, 6.45) is -8.56. The van der Waals surface area contributed by atoms with Gasteiger partial charge in [0.15, 0.2) is 6.29 Å². The maximum atomic E-state index is 11.8. The molecule has 0 bridgehead atoms. The van der Waals surface area contributed by atoms with Crippen LogP contribution in [-0.2, 0) is 9.47 Å². The second-order valence-corrected chi connectivity index (χ2v) is 5.76. The van der Waals surface area contributed by atoms with Gasteiger partial charge in [0.25, 0.3) is 0 Å². The van der Waals surface area contributed by atoms with Gasteiger partial charge in [-0.3, -0.25) is 0 Å². The Bertz CT molecular complexity index is 682. The molecular formula is C15H18O9. The molecule has 2 aliphatic rings. The van der Waals surface area contributed by atoms with Gasteiger partial charge in [0.05, 0.1) is 18.4 Å². The first-order chi connectivity index (χ1) is 11.4. The average Bonchev–Trinajstić information content (AvgIpc) is 2.81. The third-order valence-corrected chi connectivity index (χ3v) is 4.32. The van der Waals surface area contributed by atoms with Crippen molar-refractivity contribution < 1.29 is 39.4 Å². The monoisotopic (exact) mass is 342 g/mol. The lowest BCUT2D eigenvalue weighted by Gasteiger charge is -2.40. The van der Waals surface area contributed by atoms with Crippen LogP contribution in [0.15, 0.2) is 28.1 Å². The number of hydrogen-bond donors (Lipinski definition) is 5. The smallest absolute Gasteiger partial charge is 0.343 e. The van der Waals surface area contributed by atoms with Crippen molar-refractivity contribution in [3.05, 3.63) is 40.5 Å². The fourth-order valence-corrected chi connectivity index (χ4v) is 2.96. The molecule has 1 fully saturated rings. The predicted molar refractivity (Wildman–Crippen MR) is 77.6 cm³/mol. The summed E-state index contributed by atoms with van der Waals surface area (Å²) in [5.74, 6) is 0. The summed E-state index contributed by atoms with van der Waals surface area (Å²) in [6, 6.07) is 1.42. The zero-order valence-electron chi connectivity index (χ0n) is 12.5. The van der Waals surface area contributed by atoms with Crippen LogP contribution in [0.25, 0.3) is 5.57 Å². The number of rotatable bonds is 3. The highest BCUT2D eigenvalue weighted by Gasteiger charge is 2.47. The van der Waals surface area contributed by atoms with E-state index >= 15 is 0 Å². The van der Waals surface area contributed by atoms with Crippen LogP contribution in [0, 0.1) is 0 Å². The van der Waals surface area contributed by atoms with Gasteiger partial charge in [-0.15, -0.1) is 0 Å². The van der Waals surface area contributed by atoms with Crippen molar-refractivity contribution in [3.63, 3.8) is 0 Å². The van der Waals surface area contributed by atoms with Crippen molar-refractivity contribution in [2.75, 3.05) is 6.61 Å². The van der Waals surface area contributed by atoms with Crippen molar-refractivity contribution in [2.45, 2.75) is 42.9 Å². The molecule has 0 saturated carbocycles. The van der Waals surface area contributed by atoms with E-state index in [1.54, 1.807) is 0 Å². The van der Waals surface area contributed by atoms with Gasteiger partial charge in [-0.05, 0) is 11.6 Å². The van der Waals surface area contributed by atoms with E-state index in [1.807, 2.05) is 0 Å². The normalized spacial score (nSPS) is 39.0. The SMILES string of the molecule is C=C1c2c(ccoc2=O)C(OC2OC(CO)C(O)C(O)C2O)C1O. The zero-order valence-corrected chi connectivity index (χ0v) is 12.5. The molecule has 9 nitrogen and oxygen atoms in total. The summed E-state index contributed by atoms with van der Waals surface area (Å²) in [6.45, 7) is 3.03. The Morgan fingerprint density at radius 2 is 1.88 bits per heavy atom. The number of ether oxygens (including phenoxy) is 2. The van der Waals surface area contributed by atoms with Crippen LogP contribution in [-0.4, -0.2) is 68.9 Å². The van der Waals surface area contributed by atoms with Gasteiger partial charge in [-0.25, -0.2) is 4.79 Å². The Kier molecular flexibility index (Phi) is 4.58. The molecular weight excluding hydrogens is 324 g/mol. The molecule has 1 aliphatic carbocycles. The topological polar surface area (TPSA) is 150 Å². The summed E-state index contributed by atoms with van der Waals surface area (Å²) in [4.78, 5) is 11.8. The fraction of sp³-hybridized carbons (Fsp3) is 0.533. The number of hydrogen-bond acceptors (Lipinski definition) is 9. The molecule has 5 N–H and O–H groups in total. The molecule has 7 atom stereocenters. The summed E-state index contributed by atoms with van der Waals surface area (Å²) in [5.41, 5.74) is -0.189. The molecule has 0 amide bonds. The van der Waals surface area contributed by atoms with Crippen LogP contribution in [0.5, 0.6) is 0 Å². The third kappa shape index (κ3) is 2.60. The van der Waals surface area contributed by atoms with Crippen LogP contribution in [0.1, 0.15) is 17.2 Å². The fourth-order valence-electron chi connectivity index (χ4n) is 2.96. The van der Waals surface area contributed by atoms with Crippen molar-refractivity contribution in [2.24, 2.45) is 0 Å². The van der Waals surface area contributed by atoms with Crippen LogP contribution < -0.4 is 5.63 Å². The lowest BCUT2D eigenvalue weighted by atomic mass is 9.99. The summed E-state index contributed by atoms with van der Waals surface area (Å²) < 4.78 is 15.5. The van der Waals surface area contributed by atoms with Gasteiger partial charge in [0, 0.05) is 5.56 Å². The van der Waals surface area contributed by atoms with Gasteiger partial charge in [-0.2, -0.15) is 0 Å². The molecule has 1 saturated heterocycles. The van der Waals surface area contributed by atoms with Crippen molar-refractivity contribution >= 4 is 5.57 Å². The first kappa shape index (κ1) is 17.2. The molecule has 0 spiro atoms. The Labute approximate surface area is 136 Å². The van der Waals surface area contributed by atoms with E-state index in [-0.39, 0.29) is 11.1 Å². The number of fused-ring (bicyclic) bond motifs is 1. The van der Waals surface area contributed by atoms with Crippen LogP contribution in [0.4, 0.5) is 0 Å². The van der Waals surface area contributed by atoms with Crippen molar-refractivity contribution in [1.29, 1.82) is 0 Å². The maximum absolute atomic E-state index is 11.8. The molecule has 0 aromatic carbocycles. The van der Waals surface area contributed by atoms with E-state index < -0.39 is 55.1 Å². The van der Waals surface area contributed by atoms with Crippen molar-refractivity contribution in [3.8, 4) is 0 Å². The summed E-state index contributed by atoms with van der Waals surface area (Å²) in [5, 5.41) is 49.0. The number of aliphatic hydroxyl groups excluding tert-OH is 5. The van der Waals surface area contributed by atoms with Crippen LogP contribution in [0.2, 0.25) is 0 Å². The average molecular weight is 342 g/mol. The molecule has 7 unspecified atom stereocenters. The van der Waals surface area contributed by atoms with Crippen LogP contribution >= 0.6 is 0 Å². The van der Waals surface area contributed by atoms with Gasteiger partial charge in [0.2, 0.25) is 0 Å². The largest absolute Gasteiger partial charge is 0.431 e. The summed E-state index contributed by atoms with van der Waals surface area (Å²) >= 11 is 0. The van der Waals surface area contributed by atoms with Gasteiger partial charge in [0.1, 0.15) is 36.6 Å². The minimum absolute atomic E-state index is 0.0830. The molecule has 1 aromatic heterocycles. The quantitative estimate of drug-likeness (QED) is 0.415. The maximum Gasteiger partial charge on any atom is 0.343 e. The standard InChI is InChI=1S/C15H18O9/c1-5-8-6(2-3-22-14(8)21)13(9(5)17)24-15-12(20)11(19)10(18)7(4-16)23-15/h2-3,7,9-13,15-20H,1,4H2. The minimum atomic E-state index is -1.62. The van der Waals surface area contributed by atoms with E-state index in [4.69, 9.17) is 13.9 Å². The lowest BCUT2D eigenvalue weighted by Crippen LogP contribution is -2.59. The van der Waals surface area contributed by atoms with Gasteiger partial charge >= 0.3 is 5.63 Å². The number of aliphatic hydroxyl groups is 5. The first-order valence-corrected chi connectivity index (χ1v) is 7.31. The van der Waals surface area contributed by atoms with Gasteiger partial charge in [-0.1, -0.05) is 6.58 Å². The molecule has 0 radical (unpaired) electrons. The van der Waals surface area contributed by atoms with E-state index in [1.165, 1.54) is 6.07 Å². The van der Waals surface area contributed by atoms with Crippen molar-refractivity contribution in [1.82, 2.24) is 0 Å². The van der Waals surface area contributed by atoms with E-state index in [0.29, 0.717) is 5.56 Å². The molecule has 3 rings (SSSR count).